The Kier molecular flexibility index (Phi) is 3.61. The summed E-state index contributed by atoms with van der Waals surface area (Å²) in [5.74, 6) is 2.01. The molecule has 2 aliphatic rings. The van der Waals surface area contributed by atoms with Crippen LogP contribution in [0.25, 0.3) is 0 Å². The molecule has 5 heteroatoms. The lowest BCUT2D eigenvalue weighted by Crippen LogP contribution is -2.49. The standard InChI is InChI=1S/C18H19N3O2/c22-18(15-4-5-16-14(13-15)6-12-23-16)21-10-8-20(9-11-21)17-3-1-2-7-19-17/h1-5,7,13H,6,8-12H2. The molecule has 2 aliphatic heterocycles. The molecule has 1 aromatic heterocycles. The van der Waals surface area contributed by atoms with Crippen molar-refractivity contribution in [2.24, 2.45) is 0 Å². The Balaban J connectivity index is 1.43. The van der Waals surface area contributed by atoms with E-state index < -0.39 is 0 Å². The predicted octanol–water partition coefficient (Wildman–Crippen LogP) is 1.98. The normalized spacial score (nSPS) is 16.9. The van der Waals surface area contributed by atoms with E-state index in [1.807, 2.05) is 41.3 Å². The van der Waals surface area contributed by atoms with Gasteiger partial charge in [-0.15, -0.1) is 0 Å². The van der Waals surface area contributed by atoms with E-state index in [9.17, 15) is 4.79 Å². The maximum atomic E-state index is 12.7. The zero-order valence-electron chi connectivity index (χ0n) is 12.9. The Labute approximate surface area is 135 Å². The average molecular weight is 309 g/mol. The number of benzene rings is 1. The average Bonchev–Trinajstić information content (AvgIpc) is 3.10. The number of nitrogens with zero attached hydrogens (tertiary/aromatic N) is 3. The smallest absolute Gasteiger partial charge is 0.253 e. The van der Waals surface area contributed by atoms with Gasteiger partial charge >= 0.3 is 0 Å². The summed E-state index contributed by atoms with van der Waals surface area (Å²) in [5, 5.41) is 0. The van der Waals surface area contributed by atoms with E-state index in [-0.39, 0.29) is 5.91 Å². The highest BCUT2D eigenvalue weighted by molar-refractivity contribution is 5.94. The maximum Gasteiger partial charge on any atom is 0.253 e. The molecule has 0 saturated carbocycles. The van der Waals surface area contributed by atoms with Crippen molar-refractivity contribution in [1.82, 2.24) is 9.88 Å². The third-order valence-corrected chi connectivity index (χ3v) is 4.48. The number of fused-ring (bicyclic) bond motifs is 1. The van der Waals surface area contributed by atoms with Crippen molar-refractivity contribution in [3.63, 3.8) is 0 Å². The molecule has 1 aromatic carbocycles. The first-order valence-corrected chi connectivity index (χ1v) is 8.02. The van der Waals surface area contributed by atoms with Crippen molar-refractivity contribution < 1.29 is 9.53 Å². The van der Waals surface area contributed by atoms with Crippen LogP contribution in [-0.2, 0) is 6.42 Å². The molecule has 23 heavy (non-hydrogen) atoms. The van der Waals surface area contributed by atoms with Gasteiger partial charge in [0.1, 0.15) is 11.6 Å². The summed E-state index contributed by atoms with van der Waals surface area (Å²) in [5.41, 5.74) is 1.91. The van der Waals surface area contributed by atoms with Gasteiger partial charge in [-0.05, 0) is 35.9 Å². The number of carbonyl (C=O) groups is 1. The molecule has 0 unspecified atom stereocenters. The van der Waals surface area contributed by atoms with E-state index in [4.69, 9.17) is 4.74 Å². The van der Waals surface area contributed by atoms with Crippen molar-refractivity contribution in [2.75, 3.05) is 37.7 Å². The van der Waals surface area contributed by atoms with Gasteiger partial charge in [0.2, 0.25) is 0 Å². The van der Waals surface area contributed by atoms with Crippen LogP contribution in [0.15, 0.2) is 42.6 Å². The monoisotopic (exact) mass is 309 g/mol. The number of aromatic nitrogens is 1. The summed E-state index contributed by atoms with van der Waals surface area (Å²) in [6.45, 7) is 3.80. The van der Waals surface area contributed by atoms with Crippen LogP contribution in [-0.4, -0.2) is 48.6 Å². The summed E-state index contributed by atoms with van der Waals surface area (Å²) in [4.78, 5) is 21.2. The van der Waals surface area contributed by atoms with Crippen molar-refractivity contribution in [1.29, 1.82) is 0 Å². The topological polar surface area (TPSA) is 45.7 Å². The Morgan fingerprint density at radius 1 is 1.09 bits per heavy atom. The second-order valence-corrected chi connectivity index (χ2v) is 5.89. The number of hydrogen-bond donors (Lipinski definition) is 0. The first kappa shape index (κ1) is 14.1. The Morgan fingerprint density at radius 2 is 1.96 bits per heavy atom. The van der Waals surface area contributed by atoms with Crippen LogP contribution in [0.4, 0.5) is 5.82 Å². The minimum Gasteiger partial charge on any atom is -0.493 e. The first-order valence-electron chi connectivity index (χ1n) is 8.02. The summed E-state index contributed by atoms with van der Waals surface area (Å²) >= 11 is 0. The van der Waals surface area contributed by atoms with Crippen LogP contribution < -0.4 is 9.64 Å². The number of anilines is 1. The van der Waals surface area contributed by atoms with Crippen LogP contribution in [0.1, 0.15) is 15.9 Å². The fraction of sp³-hybridized carbons (Fsp3) is 0.333. The SMILES string of the molecule is O=C(c1ccc2c(c1)CCO2)N1CCN(c2ccccn2)CC1. The summed E-state index contributed by atoms with van der Waals surface area (Å²) in [6, 6.07) is 11.7. The van der Waals surface area contributed by atoms with Crippen LogP contribution in [0.2, 0.25) is 0 Å². The van der Waals surface area contributed by atoms with Gasteiger partial charge in [0.15, 0.2) is 0 Å². The maximum absolute atomic E-state index is 12.7. The van der Waals surface area contributed by atoms with Gasteiger partial charge in [-0.2, -0.15) is 0 Å². The van der Waals surface area contributed by atoms with E-state index in [2.05, 4.69) is 9.88 Å². The molecule has 0 atom stereocenters. The molecule has 5 nitrogen and oxygen atoms in total. The van der Waals surface area contributed by atoms with Crippen molar-refractivity contribution in [2.45, 2.75) is 6.42 Å². The zero-order chi connectivity index (χ0) is 15.6. The van der Waals surface area contributed by atoms with Gasteiger partial charge in [0, 0.05) is 44.4 Å². The van der Waals surface area contributed by atoms with Gasteiger partial charge in [0.25, 0.3) is 5.91 Å². The number of rotatable bonds is 2. The summed E-state index contributed by atoms with van der Waals surface area (Å²) in [6.07, 6.45) is 2.70. The molecule has 1 fully saturated rings. The van der Waals surface area contributed by atoms with Crippen LogP contribution in [0.5, 0.6) is 5.75 Å². The third kappa shape index (κ3) is 2.74. The molecule has 4 rings (SSSR count). The molecule has 0 spiro atoms. The molecule has 3 heterocycles. The van der Waals surface area contributed by atoms with Crippen molar-refractivity contribution >= 4 is 11.7 Å². The number of piperazine rings is 1. The van der Waals surface area contributed by atoms with Crippen LogP contribution in [0, 0.1) is 0 Å². The highest BCUT2D eigenvalue weighted by atomic mass is 16.5. The molecule has 0 radical (unpaired) electrons. The highest BCUT2D eigenvalue weighted by Crippen LogP contribution is 2.26. The summed E-state index contributed by atoms with van der Waals surface area (Å²) in [7, 11) is 0. The zero-order valence-corrected chi connectivity index (χ0v) is 12.9. The van der Waals surface area contributed by atoms with E-state index in [1.54, 1.807) is 6.20 Å². The Bertz CT molecular complexity index is 709. The lowest BCUT2D eigenvalue weighted by Gasteiger charge is -2.35. The molecule has 1 amide bonds. The second kappa shape index (κ2) is 5.91. The molecule has 0 aliphatic carbocycles. The van der Waals surface area contributed by atoms with E-state index >= 15 is 0 Å². The van der Waals surface area contributed by atoms with Crippen molar-refractivity contribution in [3.8, 4) is 5.75 Å². The lowest BCUT2D eigenvalue weighted by molar-refractivity contribution is 0.0746. The summed E-state index contributed by atoms with van der Waals surface area (Å²) < 4.78 is 5.50. The number of hydrogen-bond acceptors (Lipinski definition) is 4. The molecular weight excluding hydrogens is 290 g/mol. The predicted molar refractivity (Wildman–Crippen MR) is 88.0 cm³/mol. The number of carbonyl (C=O) groups excluding carboxylic acids is 1. The minimum absolute atomic E-state index is 0.111. The van der Waals surface area contributed by atoms with E-state index in [0.717, 1.165) is 61.9 Å². The Morgan fingerprint density at radius 3 is 2.74 bits per heavy atom. The van der Waals surface area contributed by atoms with Gasteiger partial charge < -0.3 is 14.5 Å². The first-order chi connectivity index (χ1) is 11.3. The van der Waals surface area contributed by atoms with Gasteiger partial charge in [-0.3, -0.25) is 4.79 Å². The number of amides is 1. The lowest BCUT2D eigenvalue weighted by atomic mass is 10.1. The molecule has 118 valence electrons. The highest BCUT2D eigenvalue weighted by Gasteiger charge is 2.24. The second-order valence-electron chi connectivity index (χ2n) is 5.89. The van der Waals surface area contributed by atoms with E-state index in [1.165, 1.54) is 0 Å². The molecule has 1 saturated heterocycles. The quantitative estimate of drug-likeness (QED) is 0.851. The fourth-order valence-electron chi connectivity index (χ4n) is 3.18. The third-order valence-electron chi connectivity index (χ3n) is 4.48. The molecule has 0 N–H and O–H groups in total. The molecule has 2 aromatic rings. The fourth-order valence-corrected chi connectivity index (χ4v) is 3.18. The van der Waals surface area contributed by atoms with Gasteiger partial charge in [0.05, 0.1) is 6.61 Å². The van der Waals surface area contributed by atoms with Gasteiger partial charge in [-0.25, -0.2) is 4.98 Å². The van der Waals surface area contributed by atoms with Crippen molar-refractivity contribution in [3.05, 3.63) is 53.7 Å². The number of ether oxygens (including phenoxy) is 1. The number of pyridine rings is 1. The van der Waals surface area contributed by atoms with Crippen LogP contribution in [0.3, 0.4) is 0 Å². The Hall–Kier alpha value is -2.56. The van der Waals surface area contributed by atoms with Gasteiger partial charge in [-0.1, -0.05) is 6.07 Å². The largest absolute Gasteiger partial charge is 0.493 e. The van der Waals surface area contributed by atoms with Crippen LogP contribution >= 0.6 is 0 Å². The van der Waals surface area contributed by atoms with E-state index in [0.29, 0.717) is 0 Å². The minimum atomic E-state index is 0.111. The molecule has 0 bridgehead atoms. The molecular formula is C18H19N3O2.